The van der Waals surface area contributed by atoms with E-state index >= 15 is 0 Å². The minimum atomic E-state index is -0.511. The van der Waals surface area contributed by atoms with Crippen molar-refractivity contribution < 1.29 is 19.1 Å². The second kappa shape index (κ2) is 5.50. The van der Waals surface area contributed by atoms with Gasteiger partial charge >= 0.3 is 6.09 Å². The zero-order chi connectivity index (χ0) is 13.9. The van der Waals surface area contributed by atoms with E-state index < -0.39 is 11.4 Å². The van der Waals surface area contributed by atoms with E-state index in [0.29, 0.717) is 25.9 Å². The number of rotatable bonds is 2. The summed E-state index contributed by atoms with van der Waals surface area (Å²) in [4.78, 5) is 35.9. The van der Waals surface area contributed by atoms with Gasteiger partial charge in [-0.1, -0.05) is 0 Å². The Kier molecular flexibility index (Phi) is 4.48. The predicted octanol–water partition coefficient (Wildman–Crippen LogP) is 1.79. The number of nitrogens with zero attached hydrogens (tertiary/aromatic N) is 1. The first kappa shape index (κ1) is 14.7. The SMILES string of the molecule is CC(=O)C(=O)C1CCN(C(=O)OC(C)(C)C)CC1. The largest absolute Gasteiger partial charge is 0.444 e. The van der Waals surface area contributed by atoms with Gasteiger partial charge in [0.1, 0.15) is 5.60 Å². The van der Waals surface area contributed by atoms with Crippen LogP contribution in [0, 0.1) is 5.92 Å². The molecule has 0 aliphatic carbocycles. The van der Waals surface area contributed by atoms with E-state index in [-0.39, 0.29) is 17.8 Å². The normalized spacial score (nSPS) is 17.4. The maximum Gasteiger partial charge on any atom is 0.410 e. The van der Waals surface area contributed by atoms with Gasteiger partial charge in [0.2, 0.25) is 5.78 Å². The van der Waals surface area contributed by atoms with Crippen LogP contribution in [0.2, 0.25) is 0 Å². The lowest BCUT2D eigenvalue weighted by atomic mass is 9.91. The fourth-order valence-electron chi connectivity index (χ4n) is 1.94. The molecule has 5 heteroatoms. The molecule has 0 unspecified atom stereocenters. The van der Waals surface area contributed by atoms with Crippen LogP contribution in [-0.2, 0) is 14.3 Å². The fraction of sp³-hybridized carbons (Fsp3) is 0.769. The number of likely N-dealkylation sites (tertiary alicyclic amines) is 1. The molecule has 0 bridgehead atoms. The molecule has 1 aliphatic rings. The third kappa shape index (κ3) is 4.13. The third-order valence-electron chi connectivity index (χ3n) is 2.86. The number of amides is 1. The minimum Gasteiger partial charge on any atom is -0.444 e. The standard InChI is InChI=1S/C13H21NO4/c1-9(15)11(16)10-5-7-14(8-6-10)12(17)18-13(2,3)4/h10H,5-8H2,1-4H3. The zero-order valence-corrected chi connectivity index (χ0v) is 11.5. The van der Waals surface area contributed by atoms with Crippen LogP contribution >= 0.6 is 0 Å². The molecular weight excluding hydrogens is 234 g/mol. The van der Waals surface area contributed by atoms with Crippen LogP contribution in [0.5, 0.6) is 0 Å². The van der Waals surface area contributed by atoms with Crippen molar-refractivity contribution >= 4 is 17.7 Å². The van der Waals surface area contributed by atoms with Crippen molar-refractivity contribution in [3.05, 3.63) is 0 Å². The summed E-state index contributed by atoms with van der Waals surface area (Å²) < 4.78 is 5.26. The number of ether oxygens (including phenoxy) is 1. The summed E-state index contributed by atoms with van der Waals surface area (Å²) >= 11 is 0. The Morgan fingerprint density at radius 2 is 1.61 bits per heavy atom. The lowest BCUT2D eigenvalue weighted by Crippen LogP contribution is -2.43. The summed E-state index contributed by atoms with van der Waals surface area (Å²) in [5, 5.41) is 0. The number of carbonyl (C=O) groups excluding carboxylic acids is 3. The highest BCUT2D eigenvalue weighted by Gasteiger charge is 2.31. The molecule has 0 aromatic carbocycles. The van der Waals surface area contributed by atoms with Crippen molar-refractivity contribution in [3.63, 3.8) is 0 Å². The number of carbonyl (C=O) groups is 3. The summed E-state index contributed by atoms with van der Waals surface area (Å²) in [6.45, 7) is 7.69. The van der Waals surface area contributed by atoms with Crippen LogP contribution in [0.15, 0.2) is 0 Å². The number of piperidine rings is 1. The first-order valence-corrected chi connectivity index (χ1v) is 6.23. The smallest absolute Gasteiger partial charge is 0.410 e. The average molecular weight is 255 g/mol. The minimum absolute atomic E-state index is 0.235. The Morgan fingerprint density at radius 1 is 1.11 bits per heavy atom. The Hall–Kier alpha value is -1.39. The molecular formula is C13H21NO4. The summed E-state index contributed by atoms with van der Waals surface area (Å²) in [6, 6.07) is 0. The van der Waals surface area contributed by atoms with Crippen molar-refractivity contribution in [2.24, 2.45) is 5.92 Å². The highest BCUT2D eigenvalue weighted by molar-refractivity contribution is 6.37. The van der Waals surface area contributed by atoms with Crippen molar-refractivity contribution in [1.29, 1.82) is 0 Å². The third-order valence-corrected chi connectivity index (χ3v) is 2.86. The Bertz CT molecular complexity index is 348. The van der Waals surface area contributed by atoms with Crippen LogP contribution in [0.3, 0.4) is 0 Å². The molecule has 5 nitrogen and oxygen atoms in total. The molecule has 18 heavy (non-hydrogen) atoms. The molecule has 1 saturated heterocycles. The highest BCUT2D eigenvalue weighted by Crippen LogP contribution is 2.20. The molecule has 1 aliphatic heterocycles. The van der Waals surface area contributed by atoms with Gasteiger partial charge in [-0.25, -0.2) is 4.79 Å². The van der Waals surface area contributed by atoms with Gasteiger partial charge in [0.05, 0.1) is 0 Å². The maximum atomic E-state index is 11.8. The van der Waals surface area contributed by atoms with Crippen LogP contribution in [0.1, 0.15) is 40.5 Å². The van der Waals surface area contributed by atoms with Gasteiger partial charge in [-0.15, -0.1) is 0 Å². The molecule has 0 N–H and O–H groups in total. The van der Waals surface area contributed by atoms with E-state index in [1.165, 1.54) is 6.92 Å². The Morgan fingerprint density at radius 3 is 2.00 bits per heavy atom. The number of hydrogen-bond acceptors (Lipinski definition) is 4. The quantitative estimate of drug-likeness (QED) is 0.706. The molecule has 0 spiro atoms. The van der Waals surface area contributed by atoms with E-state index in [9.17, 15) is 14.4 Å². The Balaban J connectivity index is 2.47. The molecule has 0 aromatic rings. The van der Waals surface area contributed by atoms with Crippen molar-refractivity contribution in [3.8, 4) is 0 Å². The van der Waals surface area contributed by atoms with Gasteiger partial charge in [0, 0.05) is 25.9 Å². The molecule has 0 aromatic heterocycles. The highest BCUT2D eigenvalue weighted by atomic mass is 16.6. The summed E-state index contributed by atoms with van der Waals surface area (Å²) in [5.74, 6) is -0.953. The summed E-state index contributed by atoms with van der Waals surface area (Å²) in [5.41, 5.74) is -0.511. The predicted molar refractivity (Wildman–Crippen MR) is 66.2 cm³/mol. The zero-order valence-electron chi connectivity index (χ0n) is 11.5. The van der Waals surface area contributed by atoms with Crippen LogP contribution in [0.25, 0.3) is 0 Å². The average Bonchev–Trinajstić information content (AvgIpc) is 2.26. The first-order valence-electron chi connectivity index (χ1n) is 6.23. The molecule has 1 rings (SSSR count). The lowest BCUT2D eigenvalue weighted by molar-refractivity contribution is -0.138. The molecule has 102 valence electrons. The van der Waals surface area contributed by atoms with Crippen LogP contribution in [0.4, 0.5) is 4.79 Å². The fourth-order valence-corrected chi connectivity index (χ4v) is 1.94. The van der Waals surface area contributed by atoms with Crippen molar-refractivity contribution in [1.82, 2.24) is 4.90 Å². The van der Waals surface area contributed by atoms with E-state index in [1.807, 2.05) is 20.8 Å². The number of hydrogen-bond donors (Lipinski definition) is 0. The van der Waals surface area contributed by atoms with Gasteiger partial charge in [-0.2, -0.15) is 0 Å². The first-order chi connectivity index (χ1) is 8.20. The van der Waals surface area contributed by atoms with Crippen LogP contribution in [-0.4, -0.2) is 41.3 Å². The van der Waals surface area contributed by atoms with E-state index in [0.717, 1.165) is 0 Å². The maximum absolute atomic E-state index is 11.8. The summed E-state index contributed by atoms with van der Waals surface area (Å²) in [6.07, 6.45) is 0.728. The molecule has 1 heterocycles. The Labute approximate surface area is 107 Å². The van der Waals surface area contributed by atoms with Gasteiger partial charge in [-0.05, 0) is 33.6 Å². The monoisotopic (exact) mass is 255 g/mol. The lowest BCUT2D eigenvalue weighted by Gasteiger charge is -2.32. The van der Waals surface area contributed by atoms with E-state index in [2.05, 4.69) is 0 Å². The summed E-state index contributed by atoms with van der Waals surface area (Å²) in [7, 11) is 0. The van der Waals surface area contributed by atoms with Crippen molar-refractivity contribution in [2.45, 2.75) is 46.1 Å². The van der Waals surface area contributed by atoms with Gasteiger partial charge in [-0.3, -0.25) is 9.59 Å². The number of Topliss-reactive ketones (excluding diaryl/α,β-unsaturated/α-hetero) is 2. The topological polar surface area (TPSA) is 63.7 Å². The van der Waals surface area contributed by atoms with Crippen molar-refractivity contribution in [2.75, 3.05) is 13.1 Å². The van der Waals surface area contributed by atoms with E-state index in [4.69, 9.17) is 4.74 Å². The van der Waals surface area contributed by atoms with E-state index in [1.54, 1.807) is 4.90 Å². The van der Waals surface area contributed by atoms with Crippen LogP contribution < -0.4 is 0 Å². The molecule has 0 saturated carbocycles. The second-order valence-electron chi connectivity index (χ2n) is 5.66. The van der Waals surface area contributed by atoms with Gasteiger partial charge < -0.3 is 9.64 Å². The molecule has 0 radical (unpaired) electrons. The second-order valence-corrected chi connectivity index (χ2v) is 5.66. The number of ketones is 2. The molecule has 1 fully saturated rings. The van der Waals surface area contributed by atoms with Gasteiger partial charge in [0.25, 0.3) is 0 Å². The molecule has 1 amide bonds. The van der Waals surface area contributed by atoms with Gasteiger partial charge in [0.15, 0.2) is 5.78 Å². The molecule has 0 atom stereocenters.